The lowest BCUT2D eigenvalue weighted by molar-refractivity contribution is -0.118. The van der Waals surface area contributed by atoms with Crippen LogP contribution in [0.1, 0.15) is 32.8 Å². The van der Waals surface area contributed by atoms with Crippen LogP contribution in [0.2, 0.25) is 0 Å². The summed E-state index contributed by atoms with van der Waals surface area (Å²) in [7, 11) is 0. The highest BCUT2D eigenvalue weighted by atomic mass is 19.1. The predicted molar refractivity (Wildman–Crippen MR) is 112 cm³/mol. The number of amides is 1. The zero-order valence-electron chi connectivity index (χ0n) is 16.5. The van der Waals surface area contributed by atoms with Crippen LogP contribution in [-0.4, -0.2) is 21.9 Å². The summed E-state index contributed by atoms with van der Waals surface area (Å²) in [6, 6.07) is 9.66. The molecule has 0 fully saturated rings. The van der Waals surface area contributed by atoms with E-state index in [2.05, 4.69) is 20.6 Å². The zero-order chi connectivity index (χ0) is 21.4. The number of aromatic nitrogens is 2. The maximum absolute atomic E-state index is 14.3. The molecule has 0 bridgehead atoms. The fourth-order valence-electron chi connectivity index (χ4n) is 2.61. The van der Waals surface area contributed by atoms with Crippen LogP contribution < -0.4 is 16.4 Å². The van der Waals surface area contributed by atoms with Gasteiger partial charge in [0.05, 0.1) is 5.56 Å². The van der Waals surface area contributed by atoms with Gasteiger partial charge in [0.15, 0.2) is 17.5 Å². The minimum Gasteiger partial charge on any atom is -0.368 e. The lowest BCUT2D eigenvalue weighted by atomic mass is 10.1. The molecular weight excluding hydrogens is 371 g/mol. The predicted octanol–water partition coefficient (Wildman–Crippen LogP) is 4.09. The maximum Gasteiger partial charge on any atom is 0.239 e. The monoisotopic (exact) mass is 394 g/mol. The van der Waals surface area contributed by atoms with Crippen LogP contribution in [0.3, 0.4) is 0 Å². The Morgan fingerprint density at radius 1 is 1.24 bits per heavy atom. The van der Waals surface area contributed by atoms with E-state index in [4.69, 9.17) is 5.73 Å². The number of carbonyl (C=O) groups excluding carboxylic acids is 1. The molecule has 29 heavy (non-hydrogen) atoms. The number of nitrogens with two attached hydrogens (primary N) is 1. The Morgan fingerprint density at radius 3 is 2.66 bits per heavy atom. The summed E-state index contributed by atoms with van der Waals surface area (Å²) in [4.78, 5) is 19.6. The topological polar surface area (TPSA) is 117 Å². The molecule has 0 aliphatic rings. The molecule has 1 unspecified atom stereocenters. The smallest absolute Gasteiger partial charge is 0.239 e. The molecule has 1 aromatic carbocycles. The summed E-state index contributed by atoms with van der Waals surface area (Å²) in [5, 5.41) is 16.9. The van der Waals surface area contributed by atoms with Gasteiger partial charge in [0.1, 0.15) is 12.1 Å². The van der Waals surface area contributed by atoms with Crippen LogP contribution in [0.15, 0.2) is 42.7 Å². The molecule has 1 atom stereocenters. The second-order valence-corrected chi connectivity index (χ2v) is 5.90. The van der Waals surface area contributed by atoms with E-state index in [0.29, 0.717) is 12.1 Å². The normalized spacial score (nSPS) is 11.0. The Bertz CT molecular complexity index is 1050. The molecule has 1 amide bonds. The van der Waals surface area contributed by atoms with Gasteiger partial charge in [-0.2, -0.15) is 5.26 Å². The number of halogens is 1. The summed E-state index contributed by atoms with van der Waals surface area (Å²) in [6.07, 6.45) is 3.79. The van der Waals surface area contributed by atoms with Crippen molar-refractivity contribution in [3.05, 3.63) is 54.1 Å². The van der Waals surface area contributed by atoms with Crippen molar-refractivity contribution in [2.75, 3.05) is 10.6 Å². The molecule has 0 aliphatic heterocycles. The van der Waals surface area contributed by atoms with Crippen molar-refractivity contribution in [3.8, 4) is 6.07 Å². The third-order valence-electron chi connectivity index (χ3n) is 4.06. The van der Waals surface area contributed by atoms with Crippen molar-refractivity contribution in [3.63, 3.8) is 0 Å². The number of nitriles is 1. The SMILES string of the molecule is CC.CCC(Nc1nc(Nc2ccc3ccncc3c2)c(C#N)cc1F)C(N)=O. The second kappa shape index (κ2) is 9.99. The number of anilines is 3. The zero-order valence-corrected chi connectivity index (χ0v) is 16.5. The van der Waals surface area contributed by atoms with Gasteiger partial charge in [-0.25, -0.2) is 9.37 Å². The van der Waals surface area contributed by atoms with E-state index in [1.807, 2.05) is 44.2 Å². The molecule has 0 saturated heterocycles. The summed E-state index contributed by atoms with van der Waals surface area (Å²) in [5.74, 6) is -1.33. The van der Waals surface area contributed by atoms with Crippen molar-refractivity contribution in [2.45, 2.75) is 33.2 Å². The summed E-state index contributed by atoms with van der Waals surface area (Å²) in [5.41, 5.74) is 5.99. The average Bonchev–Trinajstić information content (AvgIpc) is 2.74. The third-order valence-corrected chi connectivity index (χ3v) is 4.06. The quantitative estimate of drug-likeness (QED) is 0.580. The van der Waals surface area contributed by atoms with Crippen molar-refractivity contribution >= 4 is 34.0 Å². The molecular formula is C21H23FN6O. The van der Waals surface area contributed by atoms with Gasteiger partial charge in [-0.1, -0.05) is 26.8 Å². The Labute approximate surface area is 168 Å². The van der Waals surface area contributed by atoms with Crippen molar-refractivity contribution in [1.29, 1.82) is 5.26 Å². The molecule has 3 rings (SSSR count). The van der Waals surface area contributed by atoms with E-state index in [1.54, 1.807) is 19.3 Å². The number of hydrogen-bond acceptors (Lipinski definition) is 6. The van der Waals surface area contributed by atoms with Crippen LogP contribution in [0, 0.1) is 17.1 Å². The number of fused-ring (bicyclic) bond motifs is 1. The Morgan fingerprint density at radius 2 is 2.00 bits per heavy atom. The average molecular weight is 394 g/mol. The first-order chi connectivity index (χ1) is 14.0. The number of nitrogens with zero attached hydrogens (tertiary/aromatic N) is 3. The van der Waals surface area contributed by atoms with Crippen LogP contribution in [0.4, 0.5) is 21.7 Å². The molecule has 2 aromatic heterocycles. The van der Waals surface area contributed by atoms with Crippen LogP contribution in [-0.2, 0) is 4.79 Å². The van der Waals surface area contributed by atoms with Crippen molar-refractivity contribution < 1.29 is 9.18 Å². The van der Waals surface area contributed by atoms with Gasteiger partial charge in [0.2, 0.25) is 5.91 Å². The highest BCUT2D eigenvalue weighted by Gasteiger charge is 2.18. The first kappa shape index (κ1) is 21.6. The van der Waals surface area contributed by atoms with Gasteiger partial charge in [-0.05, 0) is 36.1 Å². The van der Waals surface area contributed by atoms with E-state index >= 15 is 0 Å². The minimum absolute atomic E-state index is 0.0384. The lowest BCUT2D eigenvalue weighted by Gasteiger charge is -2.16. The summed E-state index contributed by atoms with van der Waals surface area (Å²) >= 11 is 0. The summed E-state index contributed by atoms with van der Waals surface area (Å²) < 4.78 is 14.3. The van der Waals surface area contributed by atoms with Gasteiger partial charge in [-0.15, -0.1) is 0 Å². The second-order valence-electron chi connectivity index (χ2n) is 5.90. The molecule has 0 aliphatic carbocycles. The fraction of sp³-hybridized carbons (Fsp3) is 0.238. The van der Waals surface area contributed by atoms with E-state index in [9.17, 15) is 14.4 Å². The Hall–Kier alpha value is -3.73. The van der Waals surface area contributed by atoms with E-state index in [0.717, 1.165) is 16.8 Å². The number of nitrogens with one attached hydrogen (secondary N) is 2. The van der Waals surface area contributed by atoms with Gasteiger partial charge in [-0.3, -0.25) is 9.78 Å². The van der Waals surface area contributed by atoms with Crippen molar-refractivity contribution in [1.82, 2.24) is 9.97 Å². The van der Waals surface area contributed by atoms with Crippen LogP contribution in [0.5, 0.6) is 0 Å². The standard InChI is InChI=1S/C19H17FN6O.C2H6/c1-2-16(17(22)27)25-19-15(20)8-12(9-21)18(26-19)24-14-4-3-11-5-6-23-10-13(11)7-14;1-2/h3-8,10,16H,2H2,1H3,(H2,22,27)(H2,24,25,26);1-2H3. The van der Waals surface area contributed by atoms with E-state index < -0.39 is 17.8 Å². The number of benzene rings is 1. The maximum atomic E-state index is 14.3. The molecule has 2 heterocycles. The highest BCUT2D eigenvalue weighted by molar-refractivity contribution is 5.86. The molecule has 8 heteroatoms. The molecule has 4 N–H and O–H groups in total. The summed E-state index contributed by atoms with van der Waals surface area (Å²) in [6.45, 7) is 5.74. The highest BCUT2D eigenvalue weighted by Crippen LogP contribution is 2.26. The molecule has 0 radical (unpaired) electrons. The fourth-order valence-corrected chi connectivity index (χ4v) is 2.61. The number of primary amides is 1. The molecule has 0 saturated carbocycles. The Kier molecular flexibility index (Phi) is 7.43. The van der Waals surface area contributed by atoms with Gasteiger partial charge in [0, 0.05) is 23.5 Å². The molecule has 7 nitrogen and oxygen atoms in total. The lowest BCUT2D eigenvalue weighted by Crippen LogP contribution is -2.35. The molecule has 150 valence electrons. The van der Waals surface area contributed by atoms with Gasteiger partial charge >= 0.3 is 0 Å². The largest absolute Gasteiger partial charge is 0.368 e. The number of rotatable bonds is 6. The van der Waals surface area contributed by atoms with Crippen LogP contribution in [0.25, 0.3) is 10.8 Å². The van der Waals surface area contributed by atoms with Gasteiger partial charge in [0.25, 0.3) is 0 Å². The third kappa shape index (κ3) is 5.17. The van der Waals surface area contributed by atoms with Crippen molar-refractivity contribution in [2.24, 2.45) is 5.73 Å². The number of pyridine rings is 2. The first-order valence-electron chi connectivity index (χ1n) is 9.29. The van der Waals surface area contributed by atoms with Gasteiger partial charge < -0.3 is 16.4 Å². The number of hydrogen-bond donors (Lipinski definition) is 3. The molecule has 3 aromatic rings. The molecule has 0 spiro atoms. The minimum atomic E-state index is -0.764. The first-order valence-corrected chi connectivity index (χ1v) is 9.29. The number of carbonyl (C=O) groups is 1. The van der Waals surface area contributed by atoms with E-state index in [-0.39, 0.29) is 17.2 Å². The Balaban J connectivity index is 0.00000145. The van der Waals surface area contributed by atoms with Crippen LogP contribution >= 0.6 is 0 Å². The van der Waals surface area contributed by atoms with E-state index in [1.165, 1.54) is 0 Å².